The lowest BCUT2D eigenvalue weighted by Gasteiger charge is -2.29. The first-order chi connectivity index (χ1) is 17.7. The van der Waals surface area contributed by atoms with Crippen molar-refractivity contribution >= 4 is 96.0 Å². The van der Waals surface area contributed by atoms with Crippen molar-refractivity contribution in [3.8, 4) is 11.5 Å². The van der Waals surface area contributed by atoms with Crippen molar-refractivity contribution in [1.29, 1.82) is 0 Å². The van der Waals surface area contributed by atoms with Crippen molar-refractivity contribution in [2.24, 2.45) is 0 Å². The van der Waals surface area contributed by atoms with Gasteiger partial charge in [0.2, 0.25) is 0 Å². The van der Waals surface area contributed by atoms with Crippen LogP contribution in [0.3, 0.4) is 0 Å². The number of amides is 2. The lowest BCUT2D eigenvalue weighted by atomic mass is 10.1. The molecule has 6 nitrogen and oxygen atoms in total. The zero-order valence-corrected chi connectivity index (χ0v) is 24.7. The Balaban J connectivity index is 1.66. The number of thiocarbonyl (C=S) groups is 1. The number of hydrogen-bond acceptors (Lipinski definition) is 5. The number of halogens is 4. The van der Waals surface area contributed by atoms with Crippen LogP contribution >= 0.6 is 67.3 Å². The molecule has 37 heavy (non-hydrogen) atoms. The van der Waals surface area contributed by atoms with Gasteiger partial charge in [-0.15, -0.1) is 0 Å². The van der Waals surface area contributed by atoms with Crippen molar-refractivity contribution in [2.75, 3.05) is 11.5 Å². The van der Waals surface area contributed by atoms with Crippen LogP contribution in [0.25, 0.3) is 6.08 Å². The smallest absolute Gasteiger partial charge is 0.270 e. The first-order valence-electron chi connectivity index (χ1n) is 10.9. The molecule has 1 saturated heterocycles. The van der Waals surface area contributed by atoms with E-state index in [9.17, 15) is 9.59 Å². The van der Waals surface area contributed by atoms with Crippen LogP contribution in [0, 0.1) is 0 Å². The SMILES string of the molecule is CCOc1cc(/C=C2\C(=O)NC(=S)N(c3ccc(Br)cc3)C2=O)cc(Br)c1OCc1ccc(Cl)cc1Cl. The minimum atomic E-state index is -0.588. The van der Waals surface area contributed by atoms with Crippen molar-refractivity contribution in [2.45, 2.75) is 13.5 Å². The predicted molar refractivity (Wildman–Crippen MR) is 156 cm³/mol. The molecule has 4 rings (SSSR count). The van der Waals surface area contributed by atoms with Crippen LogP contribution in [0.5, 0.6) is 11.5 Å². The molecule has 1 fully saturated rings. The van der Waals surface area contributed by atoms with Crippen LogP contribution in [-0.4, -0.2) is 23.5 Å². The minimum Gasteiger partial charge on any atom is -0.490 e. The Morgan fingerprint density at radius 3 is 2.43 bits per heavy atom. The van der Waals surface area contributed by atoms with Gasteiger partial charge in [0.05, 0.1) is 16.8 Å². The van der Waals surface area contributed by atoms with E-state index in [0.29, 0.717) is 43.9 Å². The first kappa shape index (κ1) is 27.6. The second-order valence-electron chi connectivity index (χ2n) is 7.72. The van der Waals surface area contributed by atoms with E-state index in [1.165, 1.54) is 11.0 Å². The molecule has 0 aromatic heterocycles. The third-order valence-corrected chi connectivity index (χ3v) is 7.21. The van der Waals surface area contributed by atoms with E-state index in [2.05, 4.69) is 37.2 Å². The molecule has 190 valence electrons. The van der Waals surface area contributed by atoms with Crippen molar-refractivity contribution in [3.05, 3.63) is 90.3 Å². The van der Waals surface area contributed by atoms with Crippen LogP contribution in [0.4, 0.5) is 5.69 Å². The van der Waals surface area contributed by atoms with Crippen LogP contribution in [0.15, 0.2) is 69.1 Å². The summed E-state index contributed by atoms with van der Waals surface area (Å²) in [6, 6.07) is 15.6. The number of ether oxygens (including phenoxy) is 2. The number of benzene rings is 3. The summed E-state index contributed by atoms with van der Waals surface area (Å²) >= 11 is 24.4. The molecule has 11 heteroatoms. The topological polar surface area (TPSA) is 67.9 Å². The fourth-order valence-electron chi connectivity index (χ4n) is 3.51. The van der Waals surface area contributed by atoms with Crippen LogP contribution in [-0.2, 0) is 16.2 Å². The summed E-state index contributed by atoms with van der Waals surface area (Å²) in [4.78, 5) is 27.3. The van der Waals surface area contributed by atoms with Crippen molar-refractivity contribution < 1.29 is 19.1 Å². The second kappa shape index (κ2) is 12.0. The molecule has 0 aliphatic carbocycles. The third-order valence-electron chi connectivity index (χ3n) is 5.22. The molecule has 0 spiro atoms. The summed E-state index contributed by atoms with van der Waals surface area (Å²) in [7, 11) is 0. The van der Waals surface area contributed by atoms with Gasteiger partial charge < -0.3 is 9.47 Å². The largest absolute Gasteiger partial charge is 0.490 e. The standard InChI is InChI=1S/C26H18Br2Cl2N2O4S/c1-2-35-22-11-14(10-20(28)23(22)36-13-15-3-6-17(29)12-21(15)30)9-19-24(33)31-26(37)32(25(19)34)18-7-4-16(27)5-8-18/h3-12H,2,13H2,1H3,(H,31,33,37)/b19-9+. The Morgan fingerprint density at radius 2 is 1.76 bits per heavy atom. The van der Waals surface area contributed by atoms with E-state index in [0.717, 1.165) is 10.0 Å². The summed E-state index contributed by atoms with van der Waals surface area (Å²) in [6.07, 6.45) is 1.48. The Bertz CT molecular complexity index is 1430. The average Bonchev–Trinajstić information content (AvgIpc) is 2.83. The van der Waals surface area contributed by atoms with Gasteiger partial charge in [-0.2, -0.15) is 0 Å². The van der Waals surface area contributed by atoms with E-state index < -0.39 is 11.8 Å². The van der Waals surface area contributed by atoms with Gasteiger partial charge in [0, 0.05) is 20.1 Å². The molecule has 0 atom stereocenters. The molecule has 3 aromatic rings. The highest BCUT2D eigenvalue weighted by Gasteiger charge is 2.34. The number of anilines is 1. The maximum absolute atomic E-state index is 13.3. The van der Waals surface area contributed by atoms with Crippen LogP contribution < -0.4 is 19.7 Å². The lowest BCUT2D eigenvalue weighted by molar-refractivity contribution is -0.122. The van der Waals surface area contributed by atoms with Crippen molar-refractivity contribution in [1.82, 2.24) is 5.32 Å². The Hall–Kier alpha value is -2.43. The molecular weight excluding hydrogens is 667 g/mol. The van der Waals surface area contributed by atoms with E-state index in [4.69, 9.17) is 44.9 Å². The molecular formula is C26H18Br2Cl2N2O4S. The zero-order valence-electron chi connectivity index (χ0n) is 19.2. The predicted octanol–water partition coefficient (Wildman–Crippen LogP) is 7.33. The summed E-state index contributed by atoms with van der Waals surface area (Å²) in [5.74, 6) is -0.247. The van der Waals surface area contributed by atoms with Gasteiger partial charge in [-0.05, 0) is 95.2 Å². The van der Waals surface area contributed by atoms with Crippen LogP contribution in [0.2, 0.25) is 10.0 Å². The maximum atomic E-state index is 13.3. The van der Waals surface area contributed by atoms with Gasteiger partial charge in [0.25, 0.3) is 11.8 Å². The maximum Gasteiger partial charge on any atom is 0.270 e. The fraction of sp³-hybridized carbons (Fsp3) is 0.115. The highest BCUT2D eigenvalue weighted by molar-refractivity contribution is 9.10. The fourth-order valence-corrected chi connectivity index (χ4v) is 5.09. The molecule has 2 amide bonds. The van der Waals surface area contributed by atoms with E-state index >= 15 is 0 Å². The molecule has 1 aliphatic heterocycles. The highest BCUT2D eigenvalue weighted by atomic mass is 79.9. The summed E-state index contributed by atoms with van der Waals surface area (Å²) in [6.45, 7) is 2.39. The summed E-state index contributed by atoms with van der Waals surface area (Å²) < 4.78 is 13.2. The van der Waals surface area contributed by atoms with E-state index in [-0.39, 0.29) is 17.3 Å². The summed E-state index contributed by atoms with van der Waals surface area (Å²) in [5.41, 5.74) is 1.76. The average molecular weight is 685 g/mol. The second-order valence-corrected chi connectivity index (χ2v) is 10.7. The van der Waals surface area contributed by atoms with Gasteiger partial charge in [0.1, 0.15) is 12.2 Å². The Morgan fingerprint density at radius 1 is 1.03 bits per heavy atom. The monoisotopic (exact) mass is 682 g/mol. The molecule has 0 unspecified atom stereocenters. The molecule has 1 aliphatic rings. The molecule has 0 radical (unpaired) electrons. The quantitative estimate of drug-likeness (QED) is 0.160. The highest BCUT2D eigenvalue weighted by Crippen LogP contribution is 2.39. The van der Waals surface area contributed by atoms with Gasteiger partial charge in [-0.3, -0.25) is 19.8 Å². The molecule has 0 bridgehead atoms. The van der Waals surface area contributed by atoms with E-state index in [1.54, 1.807) is 54.6 Å². The molecule has 1 heterocycles. The number of nitrogens with one attached hydrogen (secondary N) is 1. The van der Waals surface area contributed by atoms with Gasteiger partial charge in [-0.25, -0.2) is 0 Å². The third kappa shape index (κ3) is 6.35. The number of rotatable bonds is 7. The van der Waals surface area contributed by atoms with Gasteiger partial charge >= 0.3 is 0 Å². The summed E-state index contributed by atoms with van der Waals surface area (Å²) in [5, 5.41) is 3.61. The normalized spacial score (nSPS) is 14.7. The van der Waals surface area contributed by atoms with Crippen LogP contribution in [0.1, 0.15) is 18.1 Å². The van der Waals surface area contributed by atoms with E-state index in [1.807, 2.05) is 6.92 Å². The number of carbonyl (C=O) groups excluding carboxylic acids is 2. The zero-order chi connectivity index (χ0) is 26.7. The number of hydrogen-bond donors (Lipinski definition) is 1. The molecule has 1 N–H and O–H groups in total. The molecule has 3 aromatic carbocycles. The minimum absolute atomic E-state index is 0.00951. The molecule has 0 saturated carbocycles. The van der Waals surface area contributed by atoms with Gasteiger partial charge in [0.15, 0.2) is 16.6 Å². The van der Waals surface area contributed by atoms with Crippen molar-refractivity contribution in [3.63, 3.8) is 0 Å². The first-order valence-corrected chi connectivity index (χ1v) is 13.6. The number of nitrogens with zero attached hydrogens (tertiary/aromatic N) is 1. The van der Waals surface area contributed by atoms with Gasteiger partial charge in [-0.1, -0.05) is 45.2 Å². The lowest BCUT2D eigenvalue weighted by Crippen LogP contribution is -2.54. The number of carbonyl (C=O) groups is 2. The Labute approximate surface area is 245 Å². The Kier molecular flexibility index (Phi) is 8.92.